The number of nitrogens with one attached hydrogen (secondary N) is 2. The lowest BCUT2D eigenvalue weighted by molar-refractivity contribution is -0.155. The number of hydrogen-bond acceptors (Lipinski definition) is 6. The van der Waals surface area contributed by atoms with Crippen molar-refractivity contribution in [3.63, 3.8) is 0 Å². The lowest BCUT2D eigenvalue weighted by Gasteiger charge is -2.18. The summed E-state index contributed by atoms with van der Waals surface area (Å²) < 4.78 is 15.9. The van der Waals surface area contributed by atoms with E-state index in [0.29, 0.717) is 0 Å². The van der Waals surface area contributed by atoms with Crippen molar-refractivity contribution in [2.45, 2.75) is 32.4 Å². The van der Waals surface area contributed by atoms with Crippen LogP contribution in [0.25, 0.3) is 11.4 Å². The van der Waals surface area contributed by atoms with Crippen LogP contribution in [0.5, 0.6) is 0 Å². The number of carboxylic acid groups (broad SMARTS) is 1. The number of anilines is 1. The molecule has 0 aliphatic heterocycles. The number of carboxylic acids is 1. The predicted octanol–water partition coefficient (Wildman–Crippen LogP) is 1.02. The first-order valence-corrected chi connectivity index (χ1v) is 7.70. The van der Waals surface area contributed by atoms with Gasteiger partial charge in [-0.1, -0.05) is 0 Å². The molecule has 2 rings (SSSR count). The number of aliphatic hydroxyl groups is 1. The van der Waals surface area contributed by atoms with Crippen molar-refractivity contribution >= 4 is 17.7 Å². The molecule has 2 amide bonds. The first kappa shape index (κ1) is 19.2. The highest BCUT2D eigenvalue weighted by Crippen LogP contribution is 2.24. The number of rotatable bonds is 6. The van der Waals surface area contributed by atoms with E-state index < -0.39 is 30.0 Å². The molecule has 1 atom stereocenters. The van der Waals surface area contributed by atoms with Crippen LogP contribution in [0.4, 0.5) is 14.9 Å². The topological polar surface area (TPSA) is 142 Å². The fraction of sp³-hybridized carbons (Fsp3) is 0.400. The monoisotopic (exact) mass is 366 g/mol. The molecule has 0 spiro atoms. The maximum absolute atomic E-state index is 14.4. The normalized spacial score (nSPS) is 13.3. The van der Waals surface area contributed by atoms with E-state index in [1.807, 2.05) is 13.8 Å². The highest BCUT2D eigenvalue weighted by molar-refractivity contribution is 5.90. The predicted molar refractivity (Wildman–Crippen MR) is 88.9 cm³/mol. The van der Waals surface area contributed by atoms with Crippen LogP contribution in [0, 0.1) is 5.82 Å². The maximum Gasteiger partial charge on any atom is 0.337 e. The minimum atomic E-state index is -2.11. The Balaban J connectivity index is 2.09. The fourth-order valence-corrected chi connectivity index (χ4v) is 2.00. The van der Waals surface area contributed by atoms with Crippen molar-refractivity contribution in [1.82, 2.24) is 25.5 Å². The molecule has 1 unspecified atom stereocenters. The number of tetrazole rings is 1. The van der Waals surface area contributed by atoms with Crippen LogP contribution >= 0.6 is 0 Å². The largest absolute Gasteiger partial charge is 0.479 e. The first-order valence-electron chi connectivity index (χ1n) is 7.70. The minimum absolute atomic E-state index is 0.0648. The number of carbonyl (C=O) groups excluding carboxylic acids is 1. The zero-order chi connectivity index (χ0) is 19.5. The van der Waals surface area contributed by atoms with Gasteiger partial charge in [0.1, 0.15) is 5.82 Å². The number of halogens is 1. The van der Waals surface area contributed by atoms with Gasteiger partial charge in [0.2, 0.25) is 0 Å². The second kappa shape index (κ2) is 7.44. The van der Waals surface area contributed by atoms with Crippen molar-refractivity contribution in [2.24, 2.45) is 0 Å². The van der Waals surface area contributed by atoms with E-state index in [-0.39, 0.29) is 23.1 Å². The maximum atomic E-state index is 14.4. The Morgan fingerprint density at radius 3 is 2.65 bits per heavy atom. The molecule has 0 bridgehead atoms. The van der Waals surface area contributed by atoms with Gasteiger partial charge in [-0.3, -0.25) is 0 Å². The Kier molecular flexibility index (Phi) is 5.50. The molecule has 0 saturated carbocycles. The van der Waals surface area contributed by atoms with Crippen molar-refractivity contribution in [3.05, 3.63) is 24.0 Å². The SMILES string of the molecule is CC(C)n1nnnc1-c1ccc(NC(=O)NCC(C)(O)C(=O)O)cc1F. The van der Waals surface area contributed by atoms with Crippen LogP contribution < -0.4 is 10.6 Å². The van der Waals surface area contributed by atoms with E-state index in [0.717, 1.165) is 13.0 Å². The fourth-order valence-electron chi connectivity index (χ4n) is 2.00. The molecule has 2 aromatic rings. The molecule has 1 aromatic carbocycles. The van der Waals surface area contributed by atoms with E-state index in [1.165, 1.54) is 16.8 Å². The third-order valence-electron chi connectivity index (χ3n) is 3.50. The molecule has 0 saturated heterocycles. The number of nitrogens with zero attached hydrogens (tertiary/aromatic N) is 4. The summed E-state index contributed by atoms with van der Waals surface area (Å²) in [6, 6.07) is 3.11. The third-order valence-corrected chi connectivity index (χ3v) is 3.50. The van der Waals surface area contributed by atoms with Crippen LogP contribution in [0.15, 0.2) is 18.2 Å². The molecule has 0 aliphatic carbocycles. The highest BCUT2D eigenvalue weighted by Gasteiger charge is 2.30. The number of carbonyl (C=O) groups is 2. The van der Waals surface area contributed by atoms with Crippen LogP contribution in [0.2, 0.25) is 0 Å². The molecule has 10 nitrogen and oxygen atoms in total. The average Bonchev–Trinajstić information content (AvgIpc) is 3.02. The van der Waals surface area contributed by atoms with E-state index in [2.05, 4.69) is 26.2 Å². The zero-order valence-electron chi connectivity index (χ0n) is 14.4. The van der Waals surface area contributed by atoms with Gasteiger partial charge in [-0.2, -0.15) is 0 Å². The minimum Gasteiger partial charge on any atom is -0.479 e. The van der Waals surface area contributed by atoms with E-state index >= 15 is 0 Å². The van der Waals surface area contributed by atoms with Crippen LogP contribution in [0.1, 0.15) is 26.8 Å². The number of amides is 2. The summed E-state index contributed by atoms with van der Waals surface area (Å²) in [7, 11) is 0. The molecule has 11 heteroatoms. The van der Waals surface area contributed by atoms with Crippen LogP contribution in [-0.2, 0) is 4.79 Å². The number of benzene rings is 1. The van der Waals surface area contributed by atoms with Crippen molar-refractivity contribution in [1.29, 1.82) is 0 Å². The first-order chi connectivity index (χ1) is 12.1. The Morgan fingerprint density at radius 1 is 1.38 bits per heavy atom. The van der Waals surface area contributed by atoms with Gasteiger partial charge in [-0.05, 0) is 49.4 Å². The average molecular weight is 366 g/mol. The molecule has 1 heterocycles. The summed E-state index contributed by atoms with van der Waals surface area (Å²) in [5.41, 5.74) is -1.80. The summed E-state index contributed by atoms with van der Waals surface area (Å²) in [6.45, 7) is 4.23. The van der Waals surface area contributed by atoms with Gasteiger partial charge in [-0.25, -0.2) is 18.7 Å². The number of aromatic nitrogens is 4. The molecule has 140 valence electrons. The smallest absolute Gasteiger partial charge is 0.337 e. The van der Waals surface area contributed by atoms with Gasteiger partial charge >= 0.3 is 12.0 Å². The van der Waals surface area contributed by atoms with Gasteiger partial charge in [0.15, 0.2) is 11.4 Å². The molecule has 0 radical (unpaired) electrons. The number of urea groups is 1. The summed E-state index contributed by atoms with van der Waals surface area (Å²) in [4.78, 5) is 22.5. The summed E-state index contributed by atoms with van der Waals surface area (Å²) >= 11 is 0. The van der Waals surface area contributed by atoms with Crippen LogP contribution in [-0.4, -0.2) is 54.6 Å². The van der Waals surface area contributed by atoms with Gasteiger partial charge in [-0.15, -0.1) is 5.10 Å². The van der Waals surface area contributed by atoms with E-state index in [1.54, 1.807) is 0 Å². The summed E-state index contributed by atoms with van der Waals surface area (Å²) in [6.07, 6.45) is 0. The molecule has 4 N–H and O–H groups in total. The van der Waals surface area contributed by atoms with Gasteiger partial charge in [0.05, 0.1) is 18.2 Å². The molecule has 0 fully saturated rings. The van der Waals surface area contributed by atoms with Gasteiger partial charge in [0, 0.05) is 5.69 Å². The second-order valence-corrected chi connectivity index (χ2v) is 6.12. The standard InChI is InChI=1S/C15H19FN6O4/c1-8(2)22-12(19-20-21-22)10-5-4-9(6-11(10)16)18-14(25)17-7-15(3,26)13(23)24/h4-6,8,26H,7H2,1-3H3,(H,23,24)(H2,17,18,25). The Morgan fingerprint density at radius 2 is 2.08 bits per heavy atom. The lowest BCUT2D eigenvalue weighted by Crippen LogP contribution is -2.47. The molecular formula is C15H19FN6O4. The highest BCUT2D eigenvalue weighted by atomic mass is 19.1. The third kappa shape index (κ3) is 4.30. The zero-order valence-corrected chi connectivity index (χ0v) is 14.4. The van der Waals surface area contributed by atoms with Gasteiger partial charge in [0.25, 0.3) is 0 Å². The van der Waals surface area contributed by atoms with Crippen LogP contribution in [0.3, 0.4) is 0 Å². The quantitative estimate of drug-likeness (QED) is 0.598. The summed E-state index contributed by atoms with van der Waals surface area (Å²) in [5, 5.41) is 34.0. The second-order valence-electron chi connectivity index (χ2n) is 6.12. The van der Waals surface area contributed by atoms with Crippen molar-refractivity contribution < 1.29 is 24.2 Å². The lowest BCUT2D eigenvalue weighted by atomic mass is 10.1. The Bertz CT molecular complexity index is 820. The van der Waals surface area contributed by atoms with Gasteiger partial charge < -0.3 is 20.8 Å². The Labute approximate surface area is 148 Å². The molecule has 1 aromatic heterocycles. The molecular weight excluding hydrogens is 347 g/mol. The van der Waals surface area contributed by atoms with Crippen molar-refractivity contribution in [2.75, 3.05) is 11.9 Å². The number of hydrogen-bond donors (Lipinski definition) is 4. The number of aliphatic carboxylic acids is 1. The van der Waals surface area contributed by atoms with E-state index in [9.17, 15) is 19.1 Å². The van der Waals surface area contributed by atoms with E-state index in [4.69, 9.17) is 5.11 Å². The molecule has 0 aliphatic rings. The molecule has 26 heavy (non-hydrogen) atoms. The Hall–Kier alpha value is -3.08. The van der Waals surface area contributed by atoms with Crippen molar-refractivity contribution in [3.8, 4) is 11.4 Å². The summed E-state index contributed by atoms with van der Waals surface area (Å²) in [5.74, 6) is -1.86.